The molecule has 0 saturated heterocycles. The summed E-state index contributed by atoms with van der Waals surface area (Å²) in [6.45, 7) is 0.923. The van der Waals surface area contributed by atoms with Gasteiger partial charge in [0.25, 0.3) is 11.4 Å². The SMILES string of the molecule is O=C1OCCOCCOCCOCCOC(=O)c2cc([N+](=O)[O-])ccc2-c2ccc([N+](=O)[O-])cc21. The Morgan fingerprint density at radius 2 is 0.886 bits per heavy atom. The summed E-state index contributed by atoms with van der Waals surface area (Å²) in [4.78, 5) is 46.9. The molecule has 0 unspecified atom stereocenters. The number of carbonyl (C=O) groups is 2. The standard InChI is InChI=1S/C22H22N2O11/c25-21-19-13-15(23(27)28)1-3-17(19)18-4-2-16(24(29)30)14-20(18)22(26)35-12-10-33-8-6-31-5-7-32-9-11-34-21/h1-4,13-14H,5-12H2. The van der Waals surface area contributed by atoms with Crippen LogP contribution in [-0.4, -0.2) is 74.6 Å². The highest BCUT2D eigenvalue weighted by Gasteiger charge is 2.25. The van der Waals surface area contributed by atoms with Crippen molar-refractivity contribution in [1.29, 1.82) is 0 Å². The van der Waals surface area contributed by atoms with Gasteiger partial charge in [-0.15, -0.1) is 0 Å². The first-order valence-electron chi connectivity index (χ1n) is 10.5. The number of hydrogen-bond acceptors (Lipinski definition) is 11. The maximum Gasteiger partial charge on any atom is 0.339 e. The minimum Gasteiger partial charge on any atom is -0.460 e. The van der Waals surface area contributed by atoms with Crippen LogP contribution in [0.1, 0.15) is 20.7 Å². The Labute approximate surface area is 198 Å². The van der Waals surface area contributed by atoms with E-state index in [9.17, 15) is 29.8 Å². The number of hydrogen-bond donors (Lipinski definition) is 0. The summed E-state index contributed by atoms with van der Waals surface area (Å²) in [6, 6.07) is 6.86. The lowest BCUT2D eigenvalue weighted by Crippen LogP contribution is -2.15. The van der Waals surface area contributed by atoms with Crippen molar-refractivity contribution in [3.05, 3.63) is 67.8 Å². The molecule has 1 aliphatic rings. The van der Waals surface area contributed by atoms with Gasteiger partial charge in [-0.1, -0.05) is 0 Å². The zero-order chi connectivity index (χ0) is 25.2. The smallest absolute Gasteiger partial charge is 0.339 e. The maximum atomic E-state index is 12.8. The first-order valence-corrected chi connectivity index (χ1v) is 10.5. The predicted octanol–water partition coefficient (Wildman–Crippen LogP) is 2.55. The molecule has 186 valence electrons. The molecule has 0 saturated carbocycles. The van der Waals surface area contributed by atoms with Crippen LogP contribution in [-0.2, 0) is 23.7 Å². The number of nitrogens with zero attached hydrogens (tertiary/aromatic N) is 2. The largest absolute Gasteiger partial charge is 0.460 e. The van der Waals surface area contributed by atoms with Crippen molar-refractivity contribution in [3.8, 4) is 11.1 Å². The Morgan fingerprint density at radius 1 is 0.543 bits per heavy atom. The summed E-state index contributed by atoms with van der Waals surface area (Å²) >= 11 is 0. The normalized spacial score (nSPS) is 16.3. The number of esters is 2. The molecule has 35 heavy (non-hydrogen) atoms. The first-order chi connectivity index (χ1) is 16.9. The number of fused-ring (bicyclic) bond motifs is 3. The van der Waals surface area contributed by atoms with E-state index >= 15 is 0 Å². The van der Waals surface area contributed by atoms with Crippen molar-refractivity contribution in [2.75, 3.05) is 52.9 Å². The van der Waals surface area contributed by atoms with Crippen molar-refractivity contribution in [2.45, 2.75) is 0 Å². The Morgan fingerprint density at radius 3 is 1.23 bits per heavy atom. The number of nitro groups is 2. The van der Waals surface area contributed by atoms with Crippen LogP contribution in [0.5, 0.6) is 0 Å². The van der Waals surface area contributed by atoms with Gasteiger partial charge in [-0.2, -0.15) is 0 Å². The number of ether oxygens (including phenoxy) is 5. The number of carbonyl (C=O) groups excluding carboxylic acids is 2. The molecule has 0 bridgehead atoms. The number of benzene rings is 2. The number of cyclic esters (lactones) is 2. The van der Waals surface area contributed by atoms with Crippen LogP contribution in [0.15, 0.2) is 36.4 Å². The lowest BCUT2D eigenvalue weighted by atomic mass is 9.94. The molecule has 13 nitrogen and oxygen atoms in total. The predicted molar refractivity (Wildman–Crippen MR) is 118 cm³/mol. The molecule has 0 radical (unpaired) electrons. The topological polar surface area (TPSA) is 167 Å². The van der Waals surface area contributed by atoms with Crippen LogP contribution < -0.4 is 0 Å². The third-order valence-electron chi connectivity index (χ3n) is 4.82. The molecule has 0 fully saturated rings. The Balaban J connectivity index is 2.04. The molecule has 3 rings (SSSR count). The van der Waals surface area contributed by atoms with E-state index in [2.05, 4.69) is 0 Å². The van der Waals surface area contributed by atoms with Gasteiger partial charge in [0.2, 0.25) is 0 Å². The van der Waals surface area contributed by atoms with Gasteiger partial charge in [0.1, 0.15) is 13.2 Å². The third kappa shape index (κ3) is 7.02. The average molecular weight is 490 g/mol. The van der Waals surface area contributed by atoms with E-state index in [1.807, 2.05) is 0 Å². The summed E-state index contributed by atoms with van der Waals surface area (Å²) in [6.07, 6.45) is 0. The number of rotatable bonds is 2. The van der Waals surface area contributed by atoms with Crippen molar-refractivity contribution >= 4 is 23.3 Å². The number of nitro benzene ring substituents is 2. The Kier molecular flexibility index (Phi) is 9.17. The van der Waals surface area contributed by atoms with Crippen molar-refractivity contribution in [2.24, 2.45) is 0 Å². The van der Waals surface area contributed by atoms with E-state index in [0.29, 0.717) is 0 Å². The fraction of sp³-hybridized carbons (Fsp3) is 0.364. The van der Waals surface area contributed by atoms with Gasteiger partial charge < -0.3 is 23.7 Å². The summed E-state index contributed by atoms with van der Waals surface area (Å²) < 4.78 is 26.4. The first kappa shape index (κ1) is 25.7. The number of non-ortho nitro benzene ring substituents is 2. The summed E-state index contributed by atoms with van der Waals surface area (Å²) in [5.41, 5.74) is -0.957. The van der Waals surface area contributed by atoms with Crippen LogP contribution in [0.25, 0.3) is 11.1 Å². The van der Waals surface area contributed by atoms with Gasteiger partial charge in [0.15, 0.2) is 0 Å². The lowest BCUT2D eigenvalue weighted by Gasteiger charge is -2.14. The van der Waals surface area contributed by atoms with Gasteiger partial charge in [-0.3, -0.25) is 20.2 Å². The molecule has 0 spiro atoms. The Hall–Kier alpha value is -3.94. The second-order valence-corrected chi connectivity index (χ2v) is 7.08. The highest BCUT2D eigenvalue weighted by Crippen LogP contribution is 2.33. The molecule has 2 aromatic carbocycles. The van der Waals surface area contributed by atoms with Gasteiger partial charge in [0, 0.05) is 24.3 Å². The quantitative estimate of drug-likeness (QED) is 0.345. The summed E-state index contributed by atoms with van der Waals surface area (Å²) in [7, 11) is 0. The summed E-state index contributed by atoms with van der Waals surface area (Å²) in [5, 5.41) is 22.6. The van der Waals surface area contributed by atoms with E-state index in [1.54, 1.807) is 0 Å². The second kappa shape index (κ2) is 12.5. The highest BCUT2D eigenvalue weighted by molar-refractivity contribution is 6.04. The lowest BCUT2D eigenvalue weighted by molar-refractivity contribution is -0.385. The molecule has 0 aromatic heterocycles. The molecule has 1 heterocycles. The van der Waals surface area contributed by atoms with Gasteiger partial charge in [-0.25, -0.2) is 9.59 Å². The van der Waals surface area contributed by atoms with Crippen LogP contribution in [0.2, 0.25) is 0 Å². The zero-order valence-corrected chi connectivity index (χ0v) is 18.5. The van der Waals surface area contributed by atoms with Crippen molar-refractivity contribution < 1.29 is 43.1 Å². The molecule has 0 aliphatic carbocycles. The fourth-order valence-electron chi connectivity index (χ4n) is 3.18. The molecule has 0 amide bonds. The van der Waals surface area contributed by atoms with Crippen LogP contribution in [0.4, 0.5) is 11.4 Å². The van der Waals surface area contributed by atoms with E-state index in [4.69, 9.17) is 23.7 Å². The minimum absolute atomic E-state index is 0.0605. The average Bonchev–Trinajstić information content (AvgIpc) is 2.85. The molecule has 0 atom stereocenters. The van der Waals surface area contributed by atoms with Crippen molar-refractivity contribution in [1.82, 2.24) is 0 Å². The molecule has 13 heteroatoms. The monoisotopic (exact) mass is 490 g/mol. The van der Waals surface area contributed by atoms with Crippen LogP contribution >= 0.6 is 0 Å². The van der Waals surface area contributed by atoms with Crippen LogP contribution in [0.3, 0.4) is 0 Å². The van der Waals surface area contributed by atoms with Gasteiger partial charge in [-0.05, 0) is 23.3 Å². The maximum absolute atomic E-state index is 12.8. The minimum atomic E-state index is -0.896. The second-order valence-electron chi connectivity index (χ2n) is 7.08. The third-order valence-corrected chi connectivity index (χ3v) is 4.82. The van der Waals surface area contributed by atoms with E-state index in [1.165, 1.54) is 12.1 Å². The molecule has 2 aromatic rings. The molecular weight excluding hydrogens is 468 g/mol. The van der Waals surface area contributed by atoms with E-state index < -0.39 is 21.8 Å². The molecule has 1 aliphatic heterocycles. The van der Waals surface area contributed by atoms with Crippen molar-refractivity contribution in [3.63, 3.8) is 0 Å². The van der Waals surface area contributed by atoms with E-state index in [-0.39, 0.29) is 86.5 Å². The van der Waals surface area contributed by atoms with E-state index in [0.717, 1.165) is 24.3 Å². The van der Waals surface area contributed by atoms with Gasteiger partial charge in [0.05, 0.1) is 60.6 Å². The fourth-order valence-corrected chi connectivity index (χ4v) is 3.18. The Bertz CT molecular complexity index is 1020. The highest BCUT2D eigenvalue weighted by atomic mass is 16.6. The zero-order valence-electron chi connectivity index (χ0n) is 18.5. The van der Waals surface area contributed by atoms with Gasteiger partial charge >= 0.3 is 11.9 Å². The van der Waals surface area contributed by atoms with Crippen LogP contribution in [0, 0.1) is 20.2 Å². The molecule has 0 N–H and O–H groups in total. The molecular formula is C22H22N2O11. The summed E-state index contributed by atoms with van der Waals surface area (Å²) in [5.74, 6) is -1.79.